The molecule has 172 valence electrons. The highest BCUT2D eigenvalue weighted by molar-refractivity contribution is 7.99. The number of ether oxygens (including phenoxy) is 2. The van der Waals surface area contributed by atoms with Crippen LogP contribution in [0.2, 0.25) is 0 Å². The number of hydrogen-bond acceptors (Lipinski definition) is 6. The van der Waals surface area contributed by atoms with Gasteiger partial charge in [0.25, 0.3) is 5.91 Å². The van der Waals surface area contributed by atoms with E-state index in [2.05, 4.69) is 5.32 Å². The van der Waals surface area contributed by atoms with Crippen LogP contribution in [0.5, 0.6) is 11.5 Å². The molecular weight excluding hydrogens is 410 g/mol. The van der Waals surface area contributed by atoms with Gasteiger partial charge in [-0.3, -0.25) is 4.79 Å². The van der Waals surface area contributed by atoms with E-state index in [1.807, 2.05) is 38.1 Å². The van der Waals surface area contributed by atoms with Crippen LogP contribution < -0.4 is 20.5 Å². The summed E-state index contributed by atoms with van der Waals surface area (Å²) < 4.78 is 10.4. The fraction of sp³-hybridized carbons (Fsp3) is 0.458. The second-order valence-corrected chi connectivity index (χ2v) is 7.78. The number of nitrogen functional groups attached to an aromatic ring is 1. The highest BCUT2D eigenvalue weighted by Gasteiger charge is 2.14. The number of amides is 1. The van der Waals surface area contributed by atoms with Crippen molar-refractivity contribution in [2.75, 3.05) is 52.4 Å². The van der Waals surface area contributed by atoms with Crippen LogP contribution in [-0.2, 0) is 0 Å². The molecule has 1 aliphatic rings. The molecule has 0 atom stereocenters. The monoisotopic (exact) mass is 447 g/mol. The molecule has 1 amide bonds. The minimum Gasteiger partial charge on any atom is -0.493 e. The van der Waals surface area contributed by atoms with Gasteiger partial charge in [-0.05, 0) is 56.3 Å². The van der Waals surface area contributed by atoms with E-state index in [9.17, 15) is 4.79 Å². The third-order valence-corrected chi connectivity index (χ3v) is 5.61. The van der Waals surface area contributed by atoms with Gasteiger partial charge in [0.2, 0.25) is 0 Å². The van der Waals surface area contributed by atoms with E-state index < -0.39 is 0 Å². The molecule has 3 N–H and O–H groups in total. The molecule has 1 fully saturated rings. The number of carbonyl (C=O) groups is 1. The van der Waals surface area contributed by atoms with Gasteiger partial charge < -0.3 is 25.4 Å². The second-order valence-electron chi connectivity index (χ2n) is 6.64. The lowest BCUT2D eigenvalue weighted by Gasteiger charge is -2.18. The summed E-state index contributed by atoms with van der Waals surface area (Å²) in [6.45, 7) is 7.12. The quantitative estimate of drug-likeness (QED) is 0.479. The number of methoxy groups -OCH3 is 2. The summed E-state index contributed by atoms with van der Waals surface area (Å²) in [7, 11) is 4.91. The average molecular weight is 448 g/mol. The first-order chi connectivity index (χ1) is 15.1. The van der Waals surface area contributed by atoms with Crippen LogP contribution in [0, 0.1) is 0 Å². The summed E-state index contributed by atoms with van der Waals surface area (Å²) in [4.78, 5) is 15.2. The van der Waals surface area contributed by atoms with Crippen molar-refractivity contribution >= 4 is 23.4 Å². The van der Waals surface area contributed by atoms with E-state index in [0.717, 1.165) is 16.3 Å². The first kappa shape index (κ1) is 26.7. The number of nitrogens with two attached hydrogens (primary N) is 1. The molecule has 1 saturated heterocycles. The zero-order chi connectivity index (χ0) is 23.1. The summed E-state index contributed by atoms with van der Waals surface area (Å²) >= 11 is 1.64. The van der Waals surface area contributed by atoms with Crippen molar-refractivity contribution in [2.45, 2.75) is 31.6 Å². The van der Waals surface area contributed by atoms with Gasteiger partial charge in [-0.25, -0.2) is 0 Å². The van der Waals surface area contributed by atoms with Gasteiger partial charge in [0, 0.05) is 35.5 Å². The van der Waals surface area contributed by atoms with Crippen molar-refractivity contribution < 1.29 is 14.3 Å². The number of para-hydroxylation sites is 1. The zero-order valence-electron chi connectivity index (χ0n) is 19.4. The van der Waals surface area contributed by atoms with E-state index >= 15 is 0 Å². The molecule has 1 aliphatic heterocycles. The summed E-state index contributed by atoms with van der Waals surface area (Å²) in [6, 6.07) is 12.9. The van der Waals surface area contributed by atoms with Crippen molar-refractivity contribution in [3.8, 4) is 11.5 Å². The summed E-state index contributed by atoms with van der Waals surface area (Å²) in [5.41, 5.74) is 7.25. The SMILES string of the molecule is C1CCNC1.CC.COc1ccc(C(=O)N(C)CCSc2ccccc2N)cc1OC. The molecule has 31 heavy (non-hydrogen) atoms. The Bertz CT molecular complexity index is 775. The Morgan fingerprint density at radius 1 is 1.06 bits per heavy atom. The Balaban J connectivity index is 0.000000589. The average Bonchev–Trinajstić information content (AvgIpc) is 3.41. The van der Waals surface area contributed by atoms with Crippen LogP contribution in [0.15, 0.2) is 47.4 Å². The molecule has 2 aromatic carbocycles. The van der Waals surface area contributed by atoms with Gasteiger partial charge in [-0.1, -0.05) is 26.0 Å². The summed E-state index contributed by atoms with van der Waals surface area (Å²) in [6.07, 6.45) is 2.78. The van der Waals surface area contributed by atoms with Crippen LogP contribution in [-0.4, -0.2) is 57.5 Å². The smallest absolute Gasteiger partial charge is 0.253 e. The van der Waals surface area contributed by atoms with Gasteiger partial charge in [0.1, 0.15) is 0 Å². The van der Waals surface area contributed by atoms with Crippen molar-refractivity contribution in [1.29, 1.82) is 0 Å². The first-order valence-electron chi connectivity index (χ1n) is 10.7. The number of benzene rings is 2. The maximum absolute atomic E-state index is 12.5. The second kappa shape index (κ2) is 15.4. The Kier molecular flexibility index (Phi) is 13.3. The Hall–Kier alpha value is -2.38. The van der Waals surface area contributed by atoms with Crippen LogP contribution in [0.25, 0.3) is 0 Å². The van der Waals surface area contributed by atoms with Gasteiger partial charge in [-0.2, -0.15) is 0 Å². The maximum Gasteiger partial charge on any atom is 0.253 e. The van der Waals surface area contributed by atoms with Crippen molar-refractivity contribution in [2.24, 2.45) is 0 Å². The van der Waals surface area contributed by atoms with E-state index in [-0.39, 0.29) is 5.91 Å². The third-order valence-electron chi connectivity index (χ3n) is 4.54. The lowest BCUT2D eigenvalue weighted by Crippen LogP contribution is -2.28. The molecule has 3 rings (SSSR count). The molecule has 0 radical (unpaired) electrons. The van der Waals surface area contributed by atoms with Crippen LogP contribution >= 0.6 is 11.8 Å². The van der Waals surface area contributed by atoms with Crippen molar-refractivity contribution in [3.05, 3.63) is 48.0 Å². The molecule has 6 nitrogen and oxygen atoms in total. The number of anilines is 1. The molecule has 0 saturated carbocycles. The summed E-state index contributed by atoms with van der Waals surface area (Å²) in [5.74, 6) is 1.86. The first-order valence-corrected chi connectivity index (χ1v) is 11.7. The Morgan fingerprint density at radius 2 is 1.71 bits per heavy atom. The van der Waals surface area contributed by atoms with Crippen LogP contribution in [0.4, 0.5) is 5.69 Å². The number of carbonyl (C=O) groups excluding carboxylic acids is 1. The molecule has 1 heterocycles. The highest BCUT2D eigenvalue weighted by Crippen LogP contribution is 2.28. The standard InChI is InChI=1S/C18H22N2O3S.C4H9N.C2H6/c1-20(10-11-24-17-7-5-4-6-14(17)19)18(21)13-8-9-15(22-2)16(12-13)23-3;1-2-4-5-3-1;1-2/h4-9,12H,10-11,19H2,1-3H3;5H,1-4H2;1-2H3. The zero-order valence-corrected chi connectivity index (χ0v) is 20.3. The number of nitrogens with one attached hydrogen (secondary N) is 1. The molecule has 2 aromatic rings. The minimum absolute atomic E-state index is 0.0578. The van der Waals surface area contributed by atoms with Crippen molar-refractivity contribution in [3.63, 3.8) is 0 Å². The molecular formula is C24H37N3O3S. The molecule has 0 spiro atoms. The van der Waals surface area contributed by atoms with Crippen molar-refractivity contribution in [1.82, 2.24) is 10.2 Å². The lowest BCUT2D eigenvalue weighted by atomic mass is 10.2. The van der Waals surface area contributed by atoms with Crippen LogP contribution in [0.1, 0.15) is 37.0 Å². The number of rotatable bonds is 7. The molecule has 0 bridgehead atoms. The number of nitrogens with zero attached hydrogens (tertiary/aromatic N) is 1. The van der Waals surface area contributed by atoms with Crippen LogP contribution in [0.3, 0.4) is 0 Å². The third kappa shape index (κ3) is 9.11. The van der Waals surface area contributed by atoms with E-state index in [0.29, 0.717) is 23.6 Å². The fourth-order valence-corrected chi connectivity index (χ4v) is 3.82. The molecule has 0 aliphatic carbocycles. The minimum atomic E-state index is -0.0578. The fourth-order valence-electron chi connectivity index (χ4n) is 2.82. The van der Waals surface area contributed by atoms with E-state index in [4.69, 9.17) is 15.2 Å². The van der Waals surface area contributed by atoms with Gasteiger partial charge in [0.15, 0.2) is 11.5 Å². The Labute approximate surface area is 191 Å². The molecule has 0 unspecified atom stereocenters. The largest absolute Gasteiger partial charge is 0.493 e. The number of thioether (sulfide) groups is 1. The maximum atomic E-state index is 12.5. The normalized spacial score (nSPS) is 12.0. The lowest BCUT2D eigenvalue weighted by molar-refractivity contribution is 0.0803. The number of hydrogen-bond donors (Lipinski definition) is 2. The molecule has 7 heteroatoms. The predicted octanol–water partition coefficient (Wildman–Crippen LogP) is 4.55. The summed E-state index contributed by atoms with van der Waals surface area (Å²) in [5, 5.41) is 3.22. The molecule has 0 aromatic heterocycles. The highest BCUT2D eigenvalue weighted by atomic mass is 32.2. The van der Waals surface area contributed by atoms with E-state index in [1.165, 1.54) is 25.9 Å². The van der Waals surface area contributed by atoms with E-state index in [1.54, 1.807) is 56.1 Å². The predicted molar refractivity (Wildman–Crippen MR) is 132 cm³/mol. The Morgan fingerprint density at radius 3 is 2.26 bits per heavy atom. The van der Waals surface area contributed by atoms with Gasteiger partial charge in [0.05, 0.1) is 14.2 Å². The van der Waals surface area contributed by atoms with Gasteiger partial charge in [-0.15, -0.1) is 11.8 Å². The van der Waals surface area contributed by atoms with Gasteiger partial charge >= 0.3 is 0 Å². The topological polar surface area (TPSA) is 76.8 Å².